The third-order valence-corrected chi connectivity index (χ3v) is 4.23. The Hall–Kier alpha value is -0.860. The highest BCUT2D eigenvalue weighted by Crippen LogP contribution is 2.15. The van der Waals surface area contributed by atoms with Gasteiger partial charge in [-0.05, 0) is 55.8 Å². The zero-order valence-electron chi connectivity index (χ0n) is 12.4. The fraction of sp³-hybridized carbons (Fsp3) is 0.647. The summed E-state index contributed by atoms with van der Waals surface area (Å²) in [6.07, 6.45) is 4.77. The van der Waals surface area contributed by atoms with Gasteiger partial charge in [-0.3, -0.25) is 0 Å². The number of hydrogen-bond acceptors (Lipinski definition) is 2. The quantitative estimate of drug-likeness (QED) is 0.901. The molecule has 1 aromatic rings. The number of rotatable bonds is 4. The van der Waals surface area contributed by atoms with Gasteiger partial charge >= 0.3 is 0 Å². The number of hydrogen-bond donors (Lipinski definition) is 1. The first kappa shape index (κ1) is 14.5. The Bertz CT molecular complexity index is 369. The van der Waals surface area contributed by atoms with E-state index in [-0.39, 0.29) is 0 Å². The van der Waals surface area contributed by atoms with Gasteiger partial charge in [-0.1, -0.05) is 38.1 Å². The highest BCUT2D eigenvalue weighted by Gasteiger charge is 2.13. The Balaban J connectivity index is 1.81. The smallest absolute Gasteiger partial charge is 0.00514 e. The van der Waals surface area contributed by atoms with Crippen molar-refractivity contribution in [3.8, 4) is 0 Å². The van der Waals surface area contributed by atoms with Crippen molar-refractivity contribution in [2.75, 3.05) is 19.6 Å². The van der Waals surface area contributed by atoms with Crippen LogP contribution < -0.4 is 5.73 Å². The van der Waals surface area contributed by atoms with Gasteiger partial charge in [-0.25, -0.2) is 0 Å². The number of nitrogens with zero attached hydrogens (tertiary/aromatic N) is 1. The van der Waals surface area contributed by atoms with Gasteiger partial charge in [-0.2, -0.15) is 0 Å². The molecule has 0 radical (unpaired) electrons. The molecule has 0 bridgehead atoms. The van der Waals surface area contributed by atoms with Crippen LogP contribution >= 0.6 is 0 Å². The molecule has 1 saturated heterocycles. The van der Waals surface area contributed by atoms with Crippen LogP contribution in [0.15, 0.2) is 24.3 Å². The molecule has 1 aliphatic heterocycles. The van der Waals surface area contributed by atoms with Crippen molar-refractivity contribution in [3.63, 3.8) is 0 Å². The average molecular weight is 260 g/mol. The predicted molar refractivity (Wildman–Crippen MR) is 82.5 cm³/mol. The Morgan fingerprint density at radius 1 is 1.16 bits per heavy atom. The Labute approximate surface area is 118 Å². The maximum atomic E-state index is 6.02. The standard InChI is InChI=1S/C17H28N2/c1-14(2)16-7-5-15(6-8-16)9-12-19-11-3-4-17(18)10-13-19/h5-8,14,17H,3-4,9-13,18H2,1-2H3. The van der Waals surface area contributed by atoms with Crippen LogP contribution in [0.5, 0.6) is 0 Å². The van der Waals surface area contributed by atoms with Gasteiger partial charge < -0.3 is 10.6 Å². The molecule has 1 unspecified atom stereocenters. The molecule has 1 aliphatic rings. The molecule has 0 spiro atoms. The molecule has 1 fully saturated rings. The maximum absolute atomic E-state index is 6.02. The second kappa shape index (κ2) is 7.06. The first-order valence-corrected chi connectivity index (χ1v) is 7.72. The lowest BCUT2D eigenvalue weighted by atomic mass is 10.0. The second-order valence-corrected chi connectivity index (χ2v) is 6.18. The van der Waals surface area contributed by atoms with Crippen LogP contribution in [-0.4, -0.2) is 30.6 Å². The van der Waals surface area contributed by atoms with E-state index < -0.39 is 0 Å². The van der Waals surface area contributed by atoms with Crippen molar-refractivity contribution in [1.82, 2.24) is 4.90 Å². The first-order chi connectivity index (χ1) is 9.15. The van der Waals surface area contributed by atoms with Crippen LogP contribution in [0, 0.1) is 0 Å². The predicted octanol–water partition coefficient (Wildman–Crippen LogP) is 3.17. The van der Waals surface area contributed by atoms with Crippen molar-refractivity contribution in [1.29, 1.82) is 0 Å². The van der Waals surface area contributed by atoms with Crippen LogP contribution in [-0.2, 0) is 6.42 Å². The van der Waals surface area contributed by atoms with Gasteiger partial charge in [0.1, 0.15) is 0 Å². The number of benzene rings is 1. The van der Waals surface area contributed by atoms with Gasteiger partial charge in [0.15, 0.2) is 0 Å². The summed E-state index contributed by atoms with van der Waals surface area (Å²) >= 11 is 0. The van der Waals surface area contributed by atoms with Crippen LogP contribution in [0.4, 0.5) is 0 Å². The van der Waals surface area contributed by atoms with E-state index in [2.05, 4.69) is 43.0 Å². The normalized spacial score (nSPS) is 21.6. The van der Waals surface area contributed by atoms with Crippen LogP contribution in [0.25, 0.3) is 0 Å². The molecule has 0 aliphatic carbocycles. The molecule has 19 heavy (non-hydrogen) atoms. The average Bonchev–Trinajstić information content (AvgIpc) is 2.61. The van der Waals surface area contributed by atoms with Gasteiger partial charge in [-0.15, -0.1) is 0 Å². The number of likely N-dealkylation sites (tertiary alicyclic amines) is 1. The fourth-order valence-electron chi connectivity index (χ4n) is 2.76. The molecular weight excluding hydrogens is 232 g/mol. The summed E-state index contributed by atoms with van der Waals surface area (Å²) in [5.41, 5.74) is 8.91. The van der Waals surface area contributed by atoms with Gasteiger partial charge in [0.05, 0.1) is 0 Å². The minimum absolute atomic E-state index is 0.426. The summed E-state index contributed by atoms with van der Waals surface area (Å²) in [6, 6.07) is 9.56. The lowest BCUT2D eigenvalue weighted by Gasteiger charge is -2.19. The summed E-state index contributed by atoms with van der Waals surface area (Å²) in [5, 5.41) is 0. The summed E-state index contributed by atoms with van der Waals surface area (Å²) in [5.74, 6) is 0.626. The molecule has 2 N–H and O–H groups in total. The van der Waals surface area contributed by atoms with E-state index in [0.717, 1.165) is 12.8 Å². The van der Waals surface area contributed by atoms with E-state index in [9.17, 15) is 0 Å². The van der Waals surface area contributed by atoms with E-state index in [1.165, 1.54) is 43.6 Å². The van der Waals surface area contributed by atoms with Gasteiger partial charge in [0.25, 0.3) is 0 Å². The number of nitrogens with two attached hydrogens (primary N) is 1. The zero-order chi connectivity index (χ0) is 13.7. The zero-order valence-corrected chi connectivity index (χ0v) is 12.4. The summed E-state index contributed by atoms with van der Waals surface area (Å²) < 4.78 is 0. The van der Waals surface area contributed by atoms with Gasteiger partial charge in [0, 0.05) is 12.6 Å². The van der Waals surface area contributed by atoms with E-state index in [1.807, 2.05) is 0 Å². The van der Waals surface area contributed by atoms with Crippen LogP contribution in [0.2, 0.25) is 0 Å². The lowest BCUT2D eigenvalue weighted by molar-refractivity contribution is 0.287. The third-order valence-electron chi connectivity index (χ3n) is 4.23. The molecule has 2 nitrogen and oxygen atoms in total. The minimum Gasteiger partial charge on any atom is -0.328 e. The molecule has 0 aromatic heterocycles. The summed E-state index contributed by atoms with van der Waals surface area (Å²) in [6.45, 7) is 8.06. The van der Waals surface area contributed by atoms with E-state index in [4.69, 9.17) is 5.73 Å². The van der Waals surface area contributed by atoms with E-state index in [0.29, 0.717) is 12.0 Å². The lowest BCUT2D eigenvalue weighted by Crippen LogP contribution is -2.28. The second-order valence-electron chi connectivity index (χ2n) is 6.18. The maximum Gasteiger partial charge on any atom is 0.00514 e. The minimum atomic E-state index is 0.426. The van der Waals surface area contributed by atoms with Crippen molar-refractivity contribution in [2.24, 2.45) is 5.73 Å². The molecule has 1 heterocycles. The van der Waals surface area contributed by atoms with Crippen molar-refractivity contribution >= 4 is 0 Å². The molecule has 2 heteroatoms. The molecule has 1 atom stereocenters. The molecule has 2 rings (SSSR count). The Kier molecular flexibility index (Phi) is 5.41. The Morgan fingerprint density at radius 2 is 1.89 bits per heavy atom. The molecule has 0 saturated carbocycles. The first-order valence-electron chi connectivity index (χ1n) is 7.72. The molecular formula is C17H28N2. The summed E-state index contributed by atoms with van der Waals surface area (Å²) in [7, 11) is 0. The highest BCUT2D eigenvalue weighted by atomic mass is 15.1. The van der Waals surface area contributed by atoms with Crippen molar-refractivity contribution < 1.29 is 0 Å². The summed E-state index contributed by atoms with van der Waals surface area (Å²) in [4.78, 5) is 2.57. The highest BCUT2D eigenvalue weighted by molar-refractivity contribution is 5.24. The fourth-order valence-corrected chi connectivity index (χ4v) is 2.76. The molecule has 0 amide bonds. The van der Waals surface area contributed by atoms with Crippen molar-refractivity contribution in [3.05, 3.63) is 35.4 Å². The Morgan fingerprint density at radius 3 is 2.58 bits per heavy atom. The van der Waals surface area contributed by atoms with Crippen LogP contribution in [0.1, 0.15) is 50.2 Å². The largest absolute Gasteiger partial charge is 0.328 e. The van der Waals surface area contributed by atoms with E-state index in [1.54, 1.807) is 0 Å². The third kappa shape index (κ3) is 4.63. The van der Waals surface area contributed by atoms with Crippen LogP contribution in [0.3, 0.4) is 0 Å². The van der Waals surface area contributed by atoms with Gasteiger partial charge in [0.2, 0.25) is 0 Å². The molecule has 106 valence electrons. The molecule has 1 aromatic carbocycles. The van der Waals surface area contributed by atoms with E-state index >= 15 is 0 Å². The topological polar surface area (TPSA) is 29.3 Å². The SMILES string of the molecule is CC(C)c1ccc(CCN2CCCC(N)CC2)cc1. The monoisotopic (exact) mass is 260 g/mol. The van der Waals surface area contributed by atoms with Crippen molar-refractivity contribution in [2.45, 2.75) is 51.5 Å².